The third kappa shape index (κ3) is 5.39. The van der Waals surface area contributed by atoms with Crippen LogP contribution in [0.15, 0.2) is 36.4 Å². The van der Waals surface area contributed by atoms with Crippen molar-refractivity contribution in [1.29, 1.82) is 0 Å². The van der Waals surface area contributed by atoms with Crippen LogP contribution in [0.2, 0.25) is 5.02 Å². The molecule has 2 rings (SSSR count). The van der Waals surface area contributed by atoms with Gasteiger partial charge >= 0.3 is 0 Å². The summed E-state index contributed by atoms with van der Waals surface area (Å²) in [4.78, 5) is 23.7. The number of ether oxygens (including phenoxy) is 1. The summed E-state index contributed by atoms with van der Waals surface area (Å²) < 4.78 is 5.09. The molecule has 6 nitrogen and oxygen atoms in total. The second-order valence-electron chi connectivity index (χ2n) is 5.68. The lowest BCUT2D eigenvalue weighted by molar-refractivity contribution is -0.116. The molecule has 0 heterocycles. The molecule has 26 heavy (non-hydrogen) atoms. The summed E-state index contributed by atoms with van der Waals surface area (Å²) in [7, 11) is 1.54. The Morgan fingerprint density at radius 3 is 2.42 bits per heavy atom. The standard InChI is InChI=1S/C19H22ClN3O3/c1-4-18(24)23-16-10-14(6-5-12(16)2)22-19(25)11-21-13-7-8-17(26-3)15(20)9-13/h5-10,21H,4,11H2,1-3H3,(H,22,25)(H,23,24). The number of anilines is 3. The van der Waals surface area contributed by atoms with Crippen molar-refractivity contribution in [2.45, 2.75) is 20.3 Å². The molecule has 0 spiro atoms. The molecule has 0 aromatic heterocycles. The lowest BCUT2D eigenvalue weighted by Gasteiger charge is -2.12. The van der Waals surface area contributed by atoms with Gasteiger partial charge in [0.15, 0.2) is 0 Å². The van der Waals surface area contributed by atoms with E-state index < -0.39 is 0 Å². The first-order valence-corrected chi connectivity index (χ1v) is 8.58. The summed E-state index contributed by atoms with van der Waals surface area (Å²) in [5.41, 5.74) is 2.94. The number of carbonyl (C=O) groups excluding carboxylic acids is 2. The zero-order valence-corrected chi connectivity index (χ0v) is 15.7. The van der Waals surface area contributed by atoms with Gasteiger partial charge in [0.25, 0.3) is 0 Å². The minimum absolute atomic E-state index is 0.0744. The van der Waals surface area contributed by atoms with Crippen LogP contribution in [0.5, 0.6) is 5.75 Å². The molecule has 7 heteroatoms. The molecule has 0 saturated heterocycles. The second-order valence-corrected chi connectivity index (χ2v) is 6.09. The van der Waals surface area contributed by atoms with E-state index in [2.05, 4.69) is 16.0 Å². The van der Waals surface area contributed by atoms with Crippen molar-refractivity contribution in [2.24, 2.45) is 0 Å². The van der Waals surface area contributed by atoms with Crippen molar-refractivity contribution >= 4 is 40.5 Å². The van der Waals surface area contributed by atoms with Crippen molar-refractivity contribution in [3.63, 3.8) is 0 Å². The Kier molecular flexibility index (Phi) is 6.86. The molecule has 0 aliphatic carbocycles. The number of methoxy groups -OCH3 is 1. The predicted molar refractivity (Wildman–Crippen MR) is 105 cm³/mol. The maximum Gasteiger partial charge on any atom is 0.243 e. The molecular weight excluding hydrogens is 354 g/mol. The van der Waals surface area contributed by atoms with Gasteiger partial charge in [-0.05, 0) is 42.8 Å². The van der Waals surface area contributed by atoms with Crippen molar-refractivity contribution in [2.75, 3.05) is 29.6 Å². The molecule has 138 valence electrons. The van der Waals surface area contributed by atoms with Crippen molar-refractivity contribution in [3.8, 4) is 5.75 Å². The number of aryl methyl sites for hydroxylation is 1. The van der Waals surface area contributed by atoms with Crippen molar-refractivity contribution in [1.82, 2.24) is 0 Å². The Hall–Kier alpha value is -2.73. The third-order valence-corrected chi connectivity index (χ3v) is 4.02. The topological polar surface area (TPSA) is 79.5 Å². The summed E-state index contributed by atoms with van der Waals surface area (Å²) in [6.45, 7) is 3.76. The van der Waals surface area contributed by atoms with Gasteiger partial charge in [0, 0.05) is 23.5 Å². The van der Waals surface area contributed by atoms with E-state index in [-0.39, 0.29) is 18.4 Å². The van der Waals surface area contributed by atoms with Gasteiger partial charge in [-0.2, -0.15) is 0 Å². The van der Waals surface area contributed by atoms with Crippen molar-refractivity contribution < 1.29 is 14.3 Å². The molecule has 0 aliphatic rings. The number of hydrogen-bond acceptors (Lipinski definition) is 4. The van der Waals surface area contributed by atoms with Crippen LogP contribution in [0.1, 0.15) is 18.9 Å². The van der Waals surface area contributed by atoms with Crippen LogP contribution < -0.4 is 20.7 Å². The molecule has 2 aromatic rings. The van der Waals surface area contributed by atoms with Crippen LogP contribution in [0, 0.1) is 6.92 Å². The number of halogens is 1. The molecule has 0 radical (unpaired) electrons. The minimum atomic E-state index is -0.214. The predicted octanol–water partition coefficient (Wildman–Crippen LogP) is 4.06. The SMILES string of the molecule is CCC(=O)Nc1cc(NC(=O)CNc2ccc(OC)c(Cl)c2)ccc1C. The van der Waals surface area contributed by atoms with Gasteiger partial charge in [0.2, 0.25) is 11.8 Å². The molecule has 2 amide bonds. The highest BCUT2D eigenvalue weighted by atomic mass is 35.5. The highest BCUT2D eigenvalue weighted by Crippen LogP contribution is 2.27. The number of benzene rings is 2. The first-order valence-electron chi connectivity index (χ1n) is 8.20. The quantitative estimate of drug-likeness (QED) is 0.682. The van der Waals surface area contributed by atoms with Crippen LogP contribution in [-0.4, -0.2) is 25.5 Å². The van der Waals surface area contributed by atoms with E-state index in [0.717, 1.165) is 5.56 Å². The van der Waals surface area contributed by atoms with E-state index in [1.165, 1.54) is 0 Å². The summed E-state index contributed by atoms with van der Waals surface area (Å²) in [6, 6.07) is 10.6. The van der Waals surface area contributed by atoms with Crippen LogP contribution >= 0.6 is 11.6 Å². The van der Waals surface area contributed by atoms with Gasteiger partial charge < -0.3 is 20.7 Å². The minimum Gasteiger partial charge on any atom is -0.495 e. The molecule has 0 unspecified atom stereocenters. The monoisotopic (exact) mass is 375 g/mol. The van der Waals surface area contributed by atoms with Gasteiger partial charge in [-0.3, -0.25) is 9.59 Å². The summed E-state index contributed by atoms with van der Waals surface area (Å²) in [5.74, 6) is 0.283. The number of hydrogen-bond donors (Lipinski definition) is 3. The average Bonchev–Trinajstić information content (AvgIpc) is 2.62. The highest BCUT2D eigenvalue weighted by Gasteiger charge is 2.08. The molecule has 0 fully saturated rings. The molecule has 0 saturated carbocycles. The van der Waals surface area contributed by atoms with Crippen molar-refractivity contribution in [3.05, 3.63) is 47.0 Å². The number of nitrogens with one attached hydrogen (secondary N) is 3. The smallest absolute Gasteiger partial charge is 0.243 e. The normalized spacial score (nSPS) is 10.2. The molecule has 2 aromatic carbocycles. The molecule has 3 N–H and O–H groups in total. The van der Waals surface area contributed by atoms with Gasteiger partial charge in [-0.15, -0.1) is 0 Å². The first-order chi connectivity index (χ1) is 12.4. The Balaban J connectivity index is 1.96. The molecule has 0 aliphatic heterocycles. The number of carbonyl (C=O) groups is 2. The van der Waals surface area contributed by atoms with Gasteiger partial charge in [0.1, 0.15) is 5.75 Å². The second kappa shape index (κ2) is 9.10. The lowest BCUT2D eigenvalue weighted by Crippen LogP contribution is -2.22. The van der Waals surface area contributed by atoms with Gasteiger partial charge in [-0.25, -0.2) is 0 Å². The molecule has 0 bridgehead atoms. The van der Waals surface area contributed by atoms with E-state index in [0.29, 0.717) is 34.3 Å². The van der Waals surface area contributed by atoms with Crippen LogP contribution in [0.25, 0.3) is 0 Å². The summed E-state index contributed by atoms with van der Waals surface area (Å²) in [6.07, 6.45) is 0.393. The summed E-state index contributed by atoms with van der Waals surface area (Å²) >= 11 is 6.06. The Morgan fingerprint density at radius 2 is 1.77 bits per heavy atom. The van der Waals surface area contributed by atoms with Crippen LogP contribution in [-0.2, 0) is 9.59 Å². The van der Waals surface area contributed by atoms with Gasteiger partial charge in [0.05, 0.1) is 18.7 Å². The fraction of sp³-hybridized carbons (Fsp3) is 0.263. The van der Waals surface area contributed by atoms with Crippen LogP contribution in [0.4, 0.5) is 17.1 Å². The first kappa shape index (κ1) is 19.6. The fourth-order valence-electron chi connectivity index (χ4n) is 2.24. The van der Waals surface area contributed by atoms with Gasteiger partial charge in [-0.1, -0.05) is 24.6 Å². The zero-order chi connectivity index (χ0) is 19.1. The molecule has 0 atom stereocenters. The number of amides is 2. The Labute approximate surface area is 157 Å². The number of rotatable bonds is 7. The van der Waals surface area contributed by atoms with E-state index in [1.54, 1.807) is 44.4 Å². The Morgan fingerprint density at radius 1 is 1.04 bits per heavy atom. The lowest BCUT2D eigenvalue weighted by atomic mass is 10.1. The summed E-state index contributed by atoms with van der Waals surface area (Å²) in [5, 5.41) is 9.08. The van der Waals surface area contributed by atoms with E-state index >= 15 is 0 Å². The third-order valence-electron chi connectivity index (χ3n) is 3.72. The van der Waals surface area contributed by atoms with E-state index in [1.807, 2.05) is 13.0 Å². The van der Waals surface area contributed by atoms with E-state index in [4.69, 9.17) is 16.3 Å². The largest absolute Gasteiger partial charge is 0.495 e. The zero-order valence-electron chi connectivity index (χ0n) is 15.0. The highest BCUT2D eigenvalue weighted by molar-refractivity contribution is 6.32. The van der Waals surface area contributed by atoms with E-state index in [9.17, 15) is 9.59 Å². The molecular formula is C19H22ClN3O3. The maximum absolute atomic E-state index is 12.1. The Bertz CT molecular complexity index is 809. The average molecular weight is 376 g/mol. The fourth-order valence-corrected chi connectivity index (χ4v) is 2.49. The van der Waals surface area contributed by atoms with Crippen LogP contribution in [0.3, 0.4) is 0 Å². The maximum atomic E-state index is 12.1.